The van der Waals surface area contributed by atoms with Gasteiger partial charge in [-0.3, -0.25) is 0 Å². The van der Waals surface area contributed by atoms with E-state index in [0.29, 0.717) is 0 Å². The zero-order valence-electron chi connectivity index (χ0n) is 30.8. The van der Waals surface area contributed by atoms with Crippen LogP contribution >= 0.6 is 0 Å². The maximum absolute atomic E-state index is 2.32. The average Bonchev–Trinajstić information content (AvgIpc) is 3.24. The van der Waals surface area contributed by atoms with Gasteiger partial charge in [0.05, 0.1) is 0 Å². The van der Waals surface area contributed by atoms with Crippen molar-refractivity contribution in [2.75, 3.05) is 0 Å². The lowest BCUT2D eigenvalue weighted by molar-refractivity contribution is 1.39. The van der Waals surface area contributed by atoms with E-state index in [0.717, 1.165) is 0 Å². The van der Waals surface area contributed by atoms with Gasteiger partial charge < -0.3 is 0 Å². The van der Waals surface area contributed by atoms with Gasteiger partial charge in [-0.1, -0.05) is 206 Å². The van der Waals surface area contributed by atoms with Crippen molar-refractivity contribution in [3.05, 3.63) is 251 Å². The molecule has 0 aromatic heterocycles. The number of hydrogen-bond donors (Lipinski definition) is 0. The Morgan fingerprint density at radius 2 is 0.593 bits per heavy atom. The van der Waals surface area contributed by atoms with E-state index >= 15 is 0 Å². The molecule has 0 heterocycles. The largest absolute Gasteiger partial charge is 0.0622 e. The zero-order valence-corrected chi connectivity index (χ0v) is 30.8. The molecule has 0 radical (unpaired) electrons. The fraction of sp³-hybridized carbons (Fsp3) is 0.0370. The first-order valence-corrected chi connectivity index (χ1v) is 18.7. The summed E-state index contributed by atoms with van der Waals surface area (Å²) >= 11 is 0. The second-order valence-corrected chi connectivity index (χ2v) is 13.9. The van der Waals surface area contributed by atoms with Crippen LogP contribution in [0.1, 0.15) is 44.5 Å². The molecule has 0 aliphatic rings. The zero-order chi connectivity index (χ0) is 36.7. The van der Waals surface area contributed by atoms with Crippen LogP contribution in [0, 0.1) is 13.8 Å². The lowest BCUT2D eigenvalue weighted by atomic mass is 9.90. The van der Waals surface area contributed by atoms with Crippen LogP contribution < -0.4 is 0 Å². The smallest absolute Gasteiger partial charge is 0.0105 e. The molecule has 0 fully saturated rings. The Kier molecular flexibility index (Phi) is 10.1. The number of aryl methyl sites for hydroxylation is 2. The predicted molar refractivity (Wildman–Crippen MR) is 232 cm³/mol. The maximum atomic E-state index is 2.32. The van der Waals surface area contributed by atoms with Gasteiger partial charge in [-0.15, -0.1) is 0 Å². The van der Waals surface area contributed by atoms with Crippen molar-refractivity contribution in [3.63, 3.8) is 0 Å². The standard InChI is InChI=1S/C54H42/c1-39-35-41(37-53(47-19-11-5-12-20-47)49-29-25-45(26-30-49)43-15-7-3-8-16-43)23-33-51(39)52-34-24-42(36-40(52)2)38-54(48-21-13-6-14-22-48)50-31-27-46(28-32-50)44-17-9-4-10-18-44/h3-38H,1-2H3/b53-37+,54-38+. The van der Waals surface area contributed by atoms with Gasteiger partial charge in [-0.2, -0.15) is 0 Å². The Labute approximate surface area is 320 Å². The molecular weight excluding hydrogens is 649 g/mol. The fourth-order valence-electron chi connectivity index (χ4n) is 7.34. The molecule has 258 valence electrons. The number of hydrogen-bond acceptors (Lipinski definition) is 0. The highest BCUT2D eigenvalue weighted by Gasteiger charge is 2.11. The number of benzene rings is 8. The molecule has 8 aromatic carbocycles. The van der Waals surface area contributed by atoms with Crippen molar-refractivity contribution >= 4 is 23.3 Å². The summed E-state index contributed by atoms with van der Waals surface area (Å²) in [6.45, 7) is 4.45. The topological polar surface area (TPSA) is 0 Å². The van der Waals surface area contributed by atoms with Crippen LogP contribution in [0.4, 0.5) is 0 Å². The lowest BCUT2D eigenvalue weighted by Crippen LogP contribution is -1.92. The second-order valence-electron chi connectivity index (χ2n) is 13.9. The first-order chi connectivity index (χ1) is 26.6. The molecule has 0 aliphatic heterocycles. The highest BCUT2D eigenvalue weighted by atomic mass is 14.2. The molecule has 0 amide bonds. The summed E-state index contributed by atoms with van der Waals surface area (Å²) in [6, 6.07) is 74.1. The summed E-state index contributed by atoms with van der Waals surface area (Å²) < 4.78 is 0. The molecule has 0 bridgehead atoms. The van der Waals surface area contributed by atoms with E-state index in [-0.39, 0.29) is 0 Å². The summed E-state index contributed by atoms with van der Waals surface area (Å²) in [7, 11) is 0. The van der Waals surface area contributed by atoms with Gasteiger partial charge in [0, 0.05) is 0 Å². The van der Waals surface area contributed by atoms with E-state index in [2.05, 4.69) is 232 Å². The van der Waals surface area contributed by atoms with Crippen molar-refractivity contribution in [3.8, 4) is 33.4 Å². The monoisotopic (exact) mass is 690 g/mol. The normalized spacial score (nSPS) is 11.7. The average molecular weight is 691 g/mol. The van der Waals surface area contributed by atoms with Crippen molar-refractivity contribution in [1.29, 1.82) is 0 Å². The minimum absolute atomic E-state index is 1.19. The van der Waals surface area contributed by atoms with Crippen molar-refractivity contribution in [2.45, 2.75) is 13.8 Å². The van der Waals surface area contributed by atoms with Crippen LogP contribution in [-0.2, 0) is 0 Å². The van der Waals surface area contributed by atoms with Crippen LogP contribution in [0.2, 0.25) is 0 Å². The molecule has 8 aromatic rings. The van der Waals surface area contributed by atoms with E-state index < -0.39 is 0 Å². The van der Waals surface area contributed by atoms with Gasteiger partial charge in [-0.05, 0) is 115 Å². The predicted octanol–water partition coefficient (Wildman–Crippen LogP) is 14.5. The molecule has 0 N–H and O–H groups in total. The molecule has 0 heteroatoms. The van der Waals surface area contributed by atoms with Gasteiger partial charge in [0.15, 0.2) is 0 Å². The SMILES string of the molecule is Cc1cc(/C=C(\c2ccccc2)c2ccc(-c3ccccc3)cc2)ccc1-c1ccc(/C=C(\c2ccccc2)c2ccc(-c3ccccc3)cc2)cc1C. The molecule has 0 saturated heterocycles. The van der Waals surface area contributed by atoms with Crippen LogP contribution in [0.15, 0.2) is 206 Å². The Bertz CT molecular complexity index is 2360. The van der Waals surface area contributed by atoms with Crippen LogP contribution in [0.25, 0.3) is 56.7 Å². The minimum atomic E-state index is 1.19. The number of rotatable bonds is 9. The van der Waals surface area contributed by atoms with Gasteiger partial charge in [-0.25, -0.2) is 0 Å². The summed E-state index contributed by atoms with van der Waals surface area (Å²) in [4.78, 5) is 0. The van der Waals surface area contributed by atoms with E-state index in [1.54, 1.807) is 0 Å². The van der Waals surface area contributed by atoms with E-state index in [4.69, 9.17) is 0 Å². The van der Waals surface area contributed by atoms with E-state index in [1.165, 1.54) is 89.0 Å². The van der Waals surface area contributed by atoms with E-state index in [1.807, 2.05) is 0 Å². The Morgan fingerprint density at radius 1 is 0.296 bits per heavy atom. The third-order valence-electron chi connectivity index (χ3n) is 10.2. The minimum Gasteiger partial charge on any atom is -0.0622 e. The van der Waals surface area contributed by atoms with Crippen LogP contribution in [0.5, 0.6) is 0 Å². The fourth-order valence-corrected chi connectivity index (χ4v) is 7.34. The summed E-state index contributed by atoms with van der Waals surface area (Å²) in [6.07, 6.45) is 4.64. The Morgan fingerprint density at radius 3 is 0.926 bits per heavy atom. The third kappa shape index (κ3) is 7.70. The maximum Gasteiger partial charge on any atom is -0.0105 e. The highest BCUT2D eigenvalue weighted by molar-refractivity contribution is 5.94. The highest BCUT2D eigenvalue weighted by Crippen LogP contribution is 2.34. The van der Waals surface area contributed by atoms with Crippen molar-refractivity contribution in [2.24, 2.45) is 0 Å². The molecule has 54 heavy (non-hydrogen) atoms. The van der Waals surface area contributed by atoms with E-state index in [9.17, 15) is 0 Å². The van der Waals surface area contributed by atoms with Gasteiger partial charge in [0.25, 0.3) is 0 Å². The van der Waals surface area contributed by atoms with Gasteiger partial charge >= 0.3 is 0 Å². The van der Waals surface area contributed by atoms with Gasteiger partial charge in [0.1, 0.15) is 0 Å². The molecule has 0 saturated carbocycles. The quantitative estimate of drug-likeness (QED) is 0.132. The molecular formula is C54H42. The molecule has 8 rings (SSSR count). The van der Waals surface area contributed by atoms with Crippen molar-refractivity contribution < 1.29 is 0 Å². The Balaban J connectivity index is 1.10. The molecule has 0 unspecified atom stereocenters. The van der Waals surface area contributed by atoms with Crippen LogP contribution in [-0.4, -0.2) is 0 Å². The summed E-state index contributed by atoms with van der Waals surface area (Å²) in [5.41, 5.74) is 19.5. The lowest BCUT2D eigenvalue weighted by Gasteiger charge is -2.14. The van der Waals surface area contributed by atoms with Crippen LogP contribution in [0.3, 0.4) is 0 Å². The molecule has 0 aliphatic carbocycles. The summed E-state index contributed by atoms with van der Waals surface area (Å²) in [5, 5.41) is 0. The summed E-state index contributed by atoms with van der Waals surface area (Å²) in [5.74, 6) is 0. The van der Waals surface area contributed by atoms with Gasteiger partial charge in [0.2, 0.25) is 0 Å². The second kappa shape index (κ2) is 15.9. The molecule has 0 nitrogen and oxygen atoms in total. The third-order valence-corrected chi connectivity index (χ3v) is 10.2. The molecule has 0 spiro atoms. The first kappa shape index (κ1) is 34.3. The van der Waals surface area contributed by atoms with Crippen molar-refractivity contribution in [1.82, 2.24) is 0 Å². The first-order valence-electron chi connectivity index (χ1n) is 18.7. The molecule has 0 atom stereocenters. The Hall–Kier alpha value is -6.76.